The van der Waals surface area contributed by atoms with Gasteiger partial charge in [-0.15, -0.1) is 0 Å². The number of nitrogens with one attached hydrogen (secondary N) is 1. The summed E-state index contributed by atoms with van der Waals surface area (Å²) >= 11 is 3.36. The quantitative estimate of drug-likeness (QED) is 0.837. The molecule has 0 heterocycles. The summed E-state index contributed by atoms with van der Waals surface area (Å²) in [5, 5.41) is 12.0. The molecule has 0 atom stereocenters. The van der Waals surface area contributed by atoms with Crippen molar-refractivity contribution in [3.05, 3.63) is 33.8 Å². The lowest BCUT2D eigenvalue weighted by Gasteiger charge is -2.03. The van der Waals surface area contributed by atoms with Gasteiger partial charge in [0.1, 0.15) is 0 Å². The molecule has 0 bridgehead atoms. The molecule has 1 aromatic rings. The molecular formula is C11H13BrN2. The first-order chi connectivity index (χ1) is 6.77. The molecule has 1 aromatic carbocycles. The molecule has 0 amide bonds. The molecule has 0 fully saturated rings. The standard InChI is InChI=1S/C11H13BrN2/c1-14-6-2-3-9-4-5-11(12)7-10(9)8-13/h4-5,7,14H,2-3,6H2,1H3. The van der Waals surface area contributed by atoms with Gasteiger partial charge in [-0.2, -0.15) is 5.26 Å². The van der Waals surface area contributed by atoms with E-state index in [0.29, 0.717) is 0 Å². The van der Waals surface area contributed by atoms with Crippen molar-refractivity contribution in [2.24, 2.45) is 0 Å². The number of benzene rings is 1. The molecule has 0 aromatic heterocycles. The summed E-state index contributed by atoms with van der Waals surface area (Å²) in [7, 11) is 1.94. The van der Waals surface area contributed by atoms with E-state index in [-0.39, 0.29) is 0 Å². The topological polar surface area (TPSA) is 35.8 Å². The van der Waals surface area contributed by atoms with Gasteiger partial charge in [0.05, 0.1) is 11.6 Å². The average Bonchev–Trinajstić information content (AvgIpc) is 2.20. The molecule has 3 heteroatoms. The van der Waals surface area contributed by atoms with Crippen molar-refractivity contribution in [1.82, 2.24) is 5.32 Å². The van der Waals surface area contributed by atoms with Gasteiger partial charge in [0.25, 0.3) is 0 Å². The van der Waals surface area contributed by atoms with Crippen molar-refractivity contribution >= 4 is 15.9 Å². The second-order valence-corrected chi connectivity index (χ2v) is 4.04. The highest BCUT2D eigenvalue weighted by atomic mass is 79.9. The van der Waals surface area contributed by atoms with Crippen LogP contribution < -0.4 is 5.32 Å². The van der Waals surface area contributed by atoms with Crippen LogP contribution in [-0.2, 0) is 6.42 Å². The van der Waals surface area contributed by atoms with Crippen molar-refractivity contribution < 1.29 is 0 Å². The minimum absolute atomic E-state index is 0.774. The third kappa shape index (κ3) is 3.13. The maximum absolute atomic E-state index is 8.91. The summed E-state index contributed by atoms with van der Waals surface area (Å²) in [5.41, 5.74) is 1.90. The van der Waals surface area contributed by atoms with Crippen LogP contribution in [0, 0.1) is 11.3 Å². The lowest BCUT2D eigenvalue weighted by atomic mass is 10.0. The van der Waals surface area contributed by atoms with Crippen molar-refractivity contribution in [3.8, 4) is 6.07 Å². The highest BCUT2D eigenvalue weighted by Crippen LogP contribution is 2.17. The Morgan fingerprint density at radius 3 is 2.93 bits per heavy atom. The van der Waals surface area contributed by atoms with Crippen LogP contribution in [0.1, 0.15) is 17.5 Å². The molecule has 0 spiro atoms. The van der Waals surface area contributed by atoms with Crippen LogP contribution in [0.4, 0.5) is 0 Å². The van der Waals surface area contributed by atoms with E-state index in [9.17, 15) is 0 Å². The minimum atomic E-state index is 0.774. The molecule has 0 radical (unpaired) electrons. The molecule has 0 aliphatic heterocycles. The second kappa shape index (κ2) is 5.79. The summed E-state index contributed by atoms with van der Waals surface area (Å²) in [5.74, 6) is 0. The van der Waals surface area contributed by atoms with Gasteiger partial charge in [-0.05, 0) is 44.1 Å². The van der Waals surface area contributed by atoms with Gasteiger partial charge in [-0.25, -0.2) is 0 Å². The lowest BCUT2D eigenvalue weighted by molar-refractivity contribution is 0.724. The molecule has 74 valence electrons. The van der Waals surface area contributed by atoms with Crippen LogP contribution in [0.3, 0.4) is 0 Å². The van der Waals surface area contributed by atoms with Crippen molar-refractivity contribution in [2.75, 3.05) is 13.6 Å². The van der Waals surface area contributed by atoms with Crippen LogP contribution >= 0.6 is 15.9 Å². The summed E-state index contributed by atoms with van der Waals surface area (Å²) < 4.78 is 0.964. The highest BCUT2D eigenvalue weighted by molar-refractivity contribution is 9.10. The monoisotopic (exact) mass is 252 g/mol. The first kappa shape index (κ1) is 11.2. The van der Waals surface area contributed by atoms with Gasteiger partial charge in [0, 0.05) is 4.47 Å². The van der Waals surface area contributed by atoms with Crippen molar-refractivity contribution in [2.45, 2.75) is 12.8 Å². The molecule has 1 N–H and O–H groups in total. The van der Waals surface area contributed by atoms with Crippen molar-refractivity contribution in [1.29, 1.82) is 5.26 Å². The number of hydrogen-bond acceptors (Lipinski definition) is 2. The molecule has 0 saturated heterocycles. The smallest absolute Gasteiger partial charge is 0.0994 e. The Balaban J connectivity index is 2.72. The first-order valence-electron chi connectivity index (χ1n) is 4.61. The van der Waals surface area contributed by atoms with Gasteiger partial charge in [0.2, 0.25) is 0 Å². The summed E-state index contributed by atoms with van der Waals surface area (Å²) in [4.78, 5) is 0. The van der Waals surface area contributed by atoms with Crippen LogP contribution in [0.5, 0.6) is 0 Å². The van der Waals surface area contributed by atoms with Crippen LogP contribution in [0.15, 0.2) is 22.7 Å². The predicted octanol–water partition coefficient (Wildman–Crippen LogP) is 2.47. The summed E-state index contributed by atoms with van der Waals surface area (Å²) in [6, 6.07) is 8.08. The minimum Gasteiger partial charge on any atom is -0.320 e. The Kier molecular flexibility index (Phi) is 4.64. The van der Waals surface area contributed by atoms with Gasteiger partial charge in [-0.3, -0.25) is 0 Å². The maximum atomic E-state index is 8.91. The summed E-state index contributed by atoms with van der Waals surface area (Å²) in [6.07, 6.45) is 2.02. The van der Waals surface area contributed by atoms with E-state index in [4.69, 9.17) is 5.26 Å². The van der Waals surface area contributed by atoms with E-state index in [0.717, 1.165) is 35.0 Å². The average molecular weight is 253 g/mol. The fraction of sp³-hybridized carbons (Fsp3) is 0.364. The molecule has 0 aliphatic rings. The van der Waals surface area contributed by atoms with E-state index < -0.39 is 0 Å². The predicted molar refractivity (Wildman–Crippen MR) is 61.1 cm³/mol. The van der Waals surface area contributed by atoms with E-state index in [2.05, 4.69) is 27.3 Å². The Morgan fingerprint density at radius 2 is 2.29 bits per heavy atom. The normalized spacial score (nSPS) is 9.79. The van der Waals surface area contributed by atoms with Gasteiger partial charge < -0.3 is 5.32 Å². The zero-order valence-corrected chi connectivity index (χ0v) is 9.76. The third-order valence-electron chi connectivity index (χ3n) is 2.07. The van der Waals surface area contributed by atoms with Crippen LogP contribution in [0.2, 0.25) is 0 Å². The molecule has 0 aliphatic carbocycles. The number of nitriles is 1. The van der Waals surface area contributed by atoms with E-state index in [1.54, 1.807) is 0 Å². The zero-order chi connectivity index (χ0) is 10.4. The van der Waals surface area contributed by atoms with Crippen LogP contribution in [-0.4, -0.2) is 13.6 Å². The van der Waals surface area contributed by atoms with Gasteiger partial charge in [0.15, 0.2) is 0 Å². The fourth-order valence-corrected chi connectivity index (χ4v) is 1.69. The number of hydrogen-bond donors (Lipinski definition) is 1. The van der Waals surface area contributed by atoms with Gasteiger partial charge >= 0.3 is 0 Å². The molecule has 2 nitrogen and oxygen atoms in total. The molecule has 0 saturated carbocycles. The summed E-state index contributed by atoms with van der Waals surface area (Å²) in [6.45, 7) is 0.987. The fourth-order valence-electron chi connectivity index (χ4n) is 1.33. The Morgan fingerprint density at radius 1 is 1.50 bits per heavy atom. The number of rotatable bonds is 4. The Bertz CT molecular complexity index is 342. The highest BCUT2D eigenvalue weighted by Gasteiger charge is 2.01. The van der Waals surface area contributed by atoms with Crippen molar-refractivity contribution in [3.63, 3.8) is 0 Å². The number of aryl methyl sites for hydroxylation is 1. The van der Waals surface area contributed by atoms with Gasteiger partial charge in [-0.1, -0.05) is 22.0 Å². The largest absolute Gasteiger partial charge is 0.320 e. The molecule has 1 rings (SSSR count). The number of halogens is 1. The van der Waals surface area contributed by atoms with E-state index in [1.165, 1.54) is 0 Å². The molecule has 14 heavy (non-hydrogen) atoms. The zero-order valence-electron chi connectivity index (χ0n) is 8.18. The Hall–Kier alpha value is -0.850. The third-order valence-corrected chi connectivity index (χ3v) is 2.56. The van der Waals surface area contributed by atoms with Crippen LogP contribution in [0.25, 0.3) is 0 Å². The lowest BCUT2D eigenvalue weighted by Crippen LogP contribution is -2.08. The molecule has 0 unspecified atom stereocenters. The second-order valence-electron chi connectivity index (χ2n) is 3.12. The van der Waals surface area contributed by atoms with E-state index >= 15 is 0 Å². The Labute approximate surface area is 93.1 Å². The first-order valence-corrected chi connectivity index (χ1v) is 5.40. The molecular weight excluding hydrogens is 240 g/mol. The van der Waals surface area contributed by atoms with E-state index in [1.807, 2.05) is 25.2 Å². The SMILES string of the molecule is CNCCCc1ccc(Br)cc1C#N. The number of nitrogens with zero attached hydrogens (tertiary/aromatic N) is 1. The maximum Gasteiger partial charge on any atom is 0.0994 e.